The molecule has 3 aromatic rings. The van der Waals surface area contributed by atoms with Crippen molar-refractivity contribution in [2.24, 2.45) is 0 Å². The van der Waals surface area contributed by atoms with Gasteiger partial charge in [-0.3, -0.25) is 9.59 Å². The van der Waals surface area contributed by atoms with Gasteiger partial charge in [0.15, 0.2) is 11.9 Å². The Morgan fingerprint density at radius 2 is 1.86 bits per heavy atom. The molecule has 0 aliphatic carbocycles. The highest BCUT2D eigenvalue weighted by Crippen LogP contribution is 2.23. The Hall–Kier alpha value is -3.35. The lowest BCUT2D eigenvalue weighted by Gasteiger charge is -2.09. The van der Waals surface area contributed by atoms with Gasteiger partial charge in [0.25, 0.3) is 5.89 Å². The van der Waals surface area contributed by atoms with Crippen LogP contribution in [0.4, 0.5) is 4.39 Å². The van der Waals surface area contributed by atoms with Crippen molar-refractivity contribution in [2.75, 3.05) is 0 Å². The minimum atomic E-state index is -0.737. The number of esters is 1. The number of Topliss-reactive ketones (excluding diaryl/α,β-unsaturated/α-hetero) is 1. The number of halogens is 1. The van der Waals surface area contributed by atoms with Gasteiger partial charge in [0.1, 0.15) is 5.82 Å². The highest BCUT2D eigenvalue weighted by molar-refractivity contribution is 5.97. The second kappa shape index (κ2) is 8.56. The van der Waals surface area contributed by atoms with E-state index in [9.17, 15) is 14.0 Å². The fourth-order valence-corrected chi connectivity index (χ4v) is 2.60. The lowest BCUT2D eigenvalue weighted by Crippen LogP contribution is -2.11. The van der Waals surface area contributed by atoms with Crippen molar-refractivity contribution in [3.8, 4) is 11.5 Å². The maximum Gasteiger partial charge on any atom is 0.307 e. The first kappa shape index (κ1) is 19.4. The van der Waals surface area contributed by atoms with E-state index in [0.717, 1.165) is 11.1 Å². The number of ketones is 1. The van der Waals surface area contributed by atoms with Crippen LogP contribution in [-0.4, -0.2) is 21.9 Å². The predicted molar refractivity (Wildman–Crippen MR) is 98.9 cm³/mol. The van der Waals surface area contributed by atoms with Crippen molar-refractivity contribution in [3.05, 3.63) is 71.4 Å². The van der Waals surface area contributed by atoms with E-state index in [-0.39, 0.29) is 24.5 Å². The van der Waals surface area contributed by atoms with Crippen LogP contribution in [0.2, 0.25) is 0 Å². The van der Waals surface area contributed by atoms with Crippen molar-refractivity contribution in [1.82, 2.24) is 10.2 Å². The minimum absolute atomic E-state index is 0.0322. The Labute approximate surface area is 161 Å². The third kappa shape index (κ3) is 4.88. The molecule has 2 aromatic carbocycles. The van der Waals surface area contributed by atoms with Crippen LogP contribution in [0.3, 0.4) is 0 Å². The first-order valence-electron chi connectivity index (χ1n) is 8.81. The normalized spacial score (nSPS) is 11.8. The van der Waals surface area contributed by atoms with Crippen molar-refractivity contribution < 1.29 is 23.1 Å². The summed E-state index contributed by atoms with van der Waals surface area (Å²) in [6.07, 6.45) is -0.867. The molecule has 0 spiro atoms. The van der Waals surface area contributed by atoms with Crippen molar-refractivity contribution in [2.45, 2.75) is 32.8 Å². The summed E-state index contributed by atoms with van der Waals surface area (Å²) in [5.41, 5.74) is 2.19. The molecule has 1 atom stereocenters. The summed E-state index contributed by atoms with van der Waals surface area (Å²) in [4.78, 5) is 24.0. The van der Waals surface area contributed by atoms with E-state index in [4.69, 9.17) is 9.15 Å². The fourth-order valence-electron chi connectivity index (χ4n) is 2.60. The number of ether oxygens (including phenoxy) is 1. The summed E-state index contributed by atoms with van der Waals surface area (Å²) in [7, 11) is 0. The Bertz CT molecular complexity index is 982. The third-order valence-electron chi connectivity index (χ3n) is 4.08. The van der Waals surface area contributed by atoms with Gasteiger partial charge in [-0.15, -0.1) is 10.2 Å². The van der Waals surface area contributed by atoms with Crippen LogP contribution < -0.4 is 0 Å². The highest BCUT2D eigenvalue weighted by atomic mass is 19.1. The SMILES string of the molecule is Cc1cccc(-c2nnc(C(C)OC(=O)CCC(=O)c3ccc(F)cc3)o2)c1. The molecule has 0 fully saturated rings. The molecule has 7 heteroatoms. The van der Waals surface area contributed by atoms with Crippen molar-refractivity contribution in [3.63, 3.8) is 0 Å². The zero-order chi connectivity index (χ0) is 20.1. The Balaban J connectivity index is 1.54. The van der Waals surface area contributed by atoms with Crippen LogP contribution in [0.25, 0.3) is 11.5 Å². The zero-order valence-electron chi connectivity index (χ0n) is 15.5. The van der Waals surface area contributed by atoms with E-state index >= 15 is 0 Å². The van der Waals surface area contributed by atoms with E-state index in [1.54, 1.807) is 6.92 Å². The van der Waals surface area contributed by atoms with Gasteiger partial charge in [-0.25, -0.2) is 4.39 Å². The fraction of sp³-hybridized carbons (Fsp3) is 0.238. The smallest absolute Gasteiger partial charge is 0.307 e. The van der Waals surface area contributed by atoms with Gasteiger partial charge in [-0.2, -0.15) is 0 Å². The second-order valence-electron chi connectivity index (χ2n) is 6.38. The van der Waals surface area contributed by atoms with Crippen LogP contribution in [0.5, 0.6) is 0 Å². The number of carbonyl (C=O) groups is 2. The molecule has 1 aromatic heterocycles. The molecular weight excluding hydrogens is 363 g/mol. The number of aromatic nitrogens is 2. The molecule has 3 rings (SSSR count). The molecule has 0 amide bonds. The van der Waals surface area contributed by atoms with E-state index < -0.39 is 17.9 Å². The summed E-state index contributed by atoms with van der Waals surface area (Å²) < 4.78 is 23.8. The molecule has 0 bridgehead atoms. The van der Waals surface area contributed by atoms with Gasteiger partial charge in [0.05, 0.1) is 6.42 Å². The van der Waals surface area contributed by atoms with Gasteiger partial charge in [0, 0.05) is 17.5 Å². The number of nitrogens with zero attached hydrogens (tertiary/aromatic N) is 2. The van der Waals surface area contributed by atoms with E-state index in [1.807, 2.05) is 31.2 Å². The molecule has 1 unspecified atom stereocenters. The van der Waals surface area contributed by atoms with Crippen LogP contribution in [0.1, 0.15) is 47.7 Å². The molecule has 1 heterocycles. The minimum Gasteiger partial charge on any atom is -0.453 e. The first-order valence-corrected chi connectivity index (χ1v) is 8.81. The summed E-state index contributed by atoms with van der Waals surface area (Å²) in [6, 6.07) is 12.8. The maximum atomic E-state index is 12.9. The van der Waals surface area contributed by atoms with Crippen LogP contribution >= 0.6 is 0 Å². The Morgan fingerprint density at radius 1 is 1.11 bits per heavy atom. The van der Waals surface area contributed by atoms with Gasteiger partial charge in [0.2, 0.25) is 5.89 Å². The molecule has 0 saturated carbocycles. The predicted octanol–water partition coefficient (Wildman–Crippen LogP) is 4.45. The molecule has 28 heavy (non-hydrogen) atoms. The molecule has 144 valence electrons. The van der Waals surface area contributed by atoms with Crippen LogP contribution in [0.15, 0.2) is 52.9 Å². The zero-order valence-corrected chi connectivity index (χ0v) is 15.5. The monoisotopic (exact) mass is 382 g/mol. The topological polar surface area (TPSA) is 82.3 Å². The standard InChI is InChI=1S/C21H19FN2O4/c1-13-4-3-5-16(12-13)21-24-23-20(28-21)14(2)27-19(26)11-10-18(25)15-6-8-17(22)9-7-15/h3-9,12,14H,10-11H2,1-2H3. The Morgan fingerprint density at radius 3 is 2.57 bits per heavy atom. The summed E-state index contributed by atoms with van der Waals surface area (Å²) in [5.74, 6) is -0.723. The van der Waals surface area contributed by atoms with Gasteiger partial charge in [-0.1, -0.05) is 17.7 Å². The van der Waals surface area contributed by atoms with E-state index in [1.165, 1.54) is 24.3 Å². The second-order valence-corrected chi connectivity index (χ2v) is 6.38. The van der Waals surface area contributed by atoms with Crippen LogP contribution in [0, 0.1) is 12.7 Å². The molecule has 0 aliphatic heterocycles. The van der Waals surface area contributed by atoms with E-state index in [0.29, 0.717) is 11.5 Å². The number of hydrogen-bond acceptors (Lipinski definition) is 6. The Kier molecular flexibility index (Phi) is 5.93. The summed E-state index contributed by atoms with van der Waals surface area (Å²) in [6.45, 7) is 3.58. The van der Waals surface area contributed by atoms with Crippen molar-refractivity contribution in [1.29, 1.82) is 0 Å². The van der Waals surface area contributed by atoms with Gasteiger partial charge >= 0.3 is 5.97 Å². The summed E-state index contributed by atoms with van der Waals surface area (Å²) >= 11 is 0. The summed E-state index contributed by atoms with van der Waals surface area (Å²) in [5, 5.41) is 7.91. The number of benzene rings is 2. The maximum absolute atomic E-state index is 12.9. The number of carbonyl (C=O) groups excluding carboxylic acids is 2. The molecule has 0 radical (unpaired) electrons. The number of hydrogen-bond donors (Lipinski definition) is 0. The largest absolute Gasteiger partial charge is 0.453 e. The average molecular weight is 382 g/mol. The average Bonchev–Trinajstić information content (AvgIpc) is 3.17. The van der Waals surface area contributed by atoms with E-state index in [2.05, 4.69) is 10.2 Å². The number of aryl methyl sites for hydroxylation is 1. The highest BCUT2D eigenvalue weighted by Gasteiger charge is 2.20. The molecule has 6 nitrogen and oxygen atoms in total. The quantitative estimate of drug-likeness (QED) is 0.443. The molecular formula is C21H19FN2O4. The number of rotatable bonds is 7. The van der Waals surface area contributed by atoms with Gasteiger partial charge < -0.3 is 9.15 Å². The van der Waals surface area contributed by atoms with Crippen LogP contribution in [-0.2, 0) is 9.53 Å². The lowest BCUT2D eigenvalue weighted by molar-refractivity contribution is -0.149. The molecule has 0 N–H and O–H groups in total. The molecule has 0 aliphatic rings. The molecule has 0 saturated heterocycles. The first-order chi connectivity index (χ1) is 13.4. The van der Waals surface area contributed by atoms with Crippen molar-refractivity contribution >= 4 is 11.8 Å². The van der Waals surface area contributed by atoms with Gasteiger partial charge in [-0.05, 0) is 50.2 Å². The third-order valence-corrected chi connectivity index (χ3v) is 4.08. The lowest BCUT2D eigenvalue weighted by atomic mass is 10.1.